The van der Waals surface area contributed by atoms with Gasteiger partial charge in [-0.05, 0) is 108 Å². The summed E-state index contributed by atoms with van der Waals surface area (Å²) in [5.74, 6) is 3.07. The van der Waals surface area contributed by atoms with Gasteiger partial charge in [0.25, 0.3) is 5.56 Å². The van der Waals surface area contributed by atoms with Gasteiger partial charge in [0.05, 0.1) is 47.3 Å². The normalized spacial score (nSPS) is 14.7. The fourth-order valence-electron chi connectivity index (χ4n) is 10.2. The largest absolute Gasteiger partial charge is 0.510 e. The second-order valence-corrected chi connectivity index (χ2v) is 23.5. The van der Waals surface area contributed by atoms with Gasteiger partial charge in [-0.3, -0.25) is 28.8 Å². The molecular formula is C62H76N10O15S. The van der Waals surface area contributed by atoms with E-state index in [1.807, 2.05) is 45.0 Å². The number of nitrogens with one attached hydrogen (secondary N) is 4. The SMILES string of the molecule is CC[C@@]1(OC(=O)OCc2ccc(NC(=O)[C@H](CCCCN)NC(=O)COCC(=O)NCCOC(C)CCNC(=O)CCCC#Cc3cnc(S(C)(=O)=O)nc3)cc2)C(=O)OCc2c1cc1n(c2=O)Cc2c-1nc1ccccc1c2CCN(C(C)=O)C(C)C. The average Bonchev–Trinajstić information content (AvgIpc) is 1.56. The van der Waals surface area contributed by atoms with Crippen LogP contribution in [0.2, 0.25) is 0 Å². The lowest BCUT2D eigenvalue weighted by Gasteiger charge is -2.35. The highest BCUT2D eigenvalue weighted by Gasteiger charge is 2.51. The van der Waals surface area contributed by atoms with Gasteiger partial charge in [0.2, 0.25) is 50.1 Å². The minimum Gasteiger partial charge on any atom is -0.457 e. The summed E-state index contributed by atoms with van der Waals surface area (Å²) in [6.07, 6.45) is 5.83. The zero-order valence-corrected chi connectivity index (χ0v) is 51.2. The number of nitrogens with zero attached hydrogens (tertiary/aromatic N) is 5. The molecule has 1 unspecified atom stereocenters. The minimum atomic E-state index is -3.50. The van der Waals surface area contributed by atoms with E-state index in [1.54, 1.807) is 46.7 Å². The molecule has 470 valence electrons. The molecule has 3 atom stereocenters. The van der Waals surface area contributed by atoms with Crippen molar-refractivity contribution in [3.05, 3.63) is 111 Å². The zero-order chi connectivity index (χ0) is 63.5. The monoisotopic (exact) mass is 1230 g/mol. The number of pyridine rings is 2. The number of hydrogen-bond donors (Lipinski definition) is 5. The Bertz CT molecular complexity index is 3600. The van der Waals surface area contributed by atoms with E-state index in [0.717, 1.165) is 22.8 Å². The number of carbonyl (C=O) groups excluding carboxylic acids is 7. The molecule has 25 nitrogen and oxygen atoms in total. The maximum Gasteiger partial charge on any atom is 0.510 e. The number of anilines is 1. The van der Waals surface area contributed by atoms with Crippen LogP contribution in [0.5, 0.6) is 0 Å². The molecule has 2 aliphatic heterocycles. The average molecular weight is 1230 g/mol. The lowest BCUT2D eigenvalue weighted by molar-refractivity contribution is -0.175. The second-order valence-electron chi connectivity index (χ2n) is 21.6. The van der Waals surface area contributed by atoms with Crippen LogP contribution in [0.4, 0.5) is 10.5 Å². The summed E-state index contributed by atoms with van der Waals surface area (Å²) in [7, 11) is -3.50. The van der Waals surface area contributed by atoms with E-state index in [0.29, 0.717) is 91.9 Å². The number of para-hydroxylation sites is 1. The third-order valence-corrected chi connectivity index (χ3v) is 15.7. The van der Waals surface area contributed by atoms with Gasteiger partial charge in [0.1, 0.15) is 32.5 Å². The topological polar surface area (TPSA) is 338 Å². The summed E-state index contributed by atoms with van der Waals surface area (Å²) < 4.78 is 52.6. The van der Waals surface area contributed by atoms with E-state index < -0.39 is 70.1 Å². The maximum absolute atomic E-state index is 14.4. The van der Waals surface area contributed by atoms with E-state index in [2.05, 4.69) is 43.1 Å². The molecule has 0 fully saturated rings. The Balaban J connectivity index is 0.836. The van der Waals surface area contributed by atoms with Crippen LogP contribution in [0.15, 0.2) is 76.9 Å². The molecule has 0 bridgehead atoms. The fraction of sp³-hybridized carbons (Fsp3) is 0.468. The number of hydrogen-bond acceptors (Lipinski definition) is 19. The molecule has 3 aromatic heterocycles. The van der Waals surface area contributed by atoms with Crippen LogP contribution < -0.4 is 32.6 Å². The lowest BCUT2D eigenvalue weighted by Crippen LogP contribution is -2.47. The van der Waals surface area contributed by atoms with Crippen molar-refractivity contribution in [1.82, 2.24) is 40.4 Å². The van der Waals surface area contributed by atoms with Crippen molar-refractivity contribution >= 4 is 68.1 Å². The molecule has 0 radical (unpaired) electrons. The van der Waals surface area contributed by atoms with Gasteiger partial charge in [-0.15, -0.1) is 0 Å². The van der Waals surface area contributed by atoms with Crippen molar-refractivity contribution in [3.8, 4) is 23.2 Å². The minimum absolute atomic E-state index is 0.0247. The Morgan fingerprint density at radius 3 is 2.34 bits per heavy atom. The zero-order valence-electron chi connectivity index (χ0n) is 50.4. The molecule has 0 saturated heterocycles. The van der Waals surface area contributed by atoms with Crippen LogP contribution >= 0.6 is 0 Å². The number of nitrogens with two attached hydrogens (primary N) is 1. The number of cyclic esters (lactones) is 1. The van der Waals surface area contributed by atoms with Crippen molar-refractivity contribution in [1.29, 1.82) is 0 Å². The van der Waals surface area contributed by atoms with E-state index in [9.17, 15) is 46.8 Å². The van der Waals surface area contributed by atoms with Gasteiger partial charge in [-0.25, -0.2) is 33.0 Å². The molecular weight excluding hydrogens is 1160 g/mol. The second kappa shape index (κ2) is 31.3. The molecule has 0 spiro atoms. The first-order valence-corrected chi connectivity index (χ1v) is 31.1. The van der Waals surface area contributed by atoms with Gasteiger partial charge >= 0.3 is 12.1 Å². The van der Waals surface area contributed by atoms with Crippen LogP contribution in [-0.4, -0.2) is 145 Å². The van der Waals surface area contributed by atoms with Crippen molar-refractivity contribution < 1.29 is 65.7 Å². The van der Waals surface area contributed by atoms with E-state index in [-0.39, 0.29) is 92.4 Å². The highest BCUT2D eigenvalue weighted by atomic mass is 32.2. The summed E-state index contributed by atoms with van der Waals surface area (Å²) in [6, 6.07) is 14.7. The number of aromatic nitrogens is 4. The molecule has 0 saturated carbocycles. The smallest absolute Gasteiger partial charge is 0.457 e. The number of amides is 5. The first-order valence-electron chi connectivity index (χ1n) is 29.2. The van der Waals surface area contributed by atoms with Crippen LogP contribution in [-0.2, 0) is 94.1 Å². The molecule has 2 aromatic carbocycles. The summed E-state index contributed by atoms with van der Waals surface area (Å²) in [6.45, 7) is 9.13. The van der Waals surface area contributed by atoms with E-state index >= 15 is 0 Å². The molecule has 26 heteroatoms. The molecule has 7 rings (SSSR count). The van der Waals surface area contributed by atoms with E-state index in [4.69, 9.17) is 34.4 Å². The van der Waals surface area contributed by atoms with Crippen molar-refractivity contribution in [2.75, 3.05) is 57.6 Å². The molecule has 6 N–H and O–H groups in total. The Morgan fingerprint density at radius 1 is 0.909 bits per heavy atom. The maximum atomic E-state index is 14.4. The molecule has 2 aliphatic rings. The van der Waals surface area contributed by atoms with E-state index in [1.165, 1.54) is 19.3 Å². The Kier molecular flexibility index (Phi) is 23.8. The summed E-state index contributed by atoms with van der Waals surface area (Å²) in [5.41, 5.74) is 8.36. The van der Waals surface area contributed by atoms with Gasteiger partial charge in [-0.2, -0.15) is 0 Å². The fourth-order valence-corrected chi connectivity index (χ4v) is 10.7. The third-order valence-electron chi connectivity index (χ3n) is 14.8. The molecule has 88 heavy (non-hydrogen) atoms. The number of esters is 1. The Morgan fingerprint density at radius 2 is 1.64 bits per heavy atom. The predicted molar refractivity (Wildman–Crippen MR) is 322 cm³/mol. The highest BCUT2D eigenvalue weighted by Crippen LogP contribution is 2.42. The third kappa shape index (κ3) is 17.8. The standard InChI is InChI=1S/C62H76N10O15S/c1-7-62(49-31-52-56-47(34-72(52)58(78)48(49)36-85-59(62)79)45(25-29-71(39(2)3)41(5)73)46-16-11-12-17-50(46)70-56)87-61(80)86-35-42-20-22-44(23-21-42)68-57(77)51(18-13-14-26-63)69-55(76)38-83-37-54(75)65-28-30-84-40(4)24-27-64-53(74)19-10-8-9-15-43-32-66-60(67-33-43)88(6,81)82/h11-12,16-17,20-23,31-33,39-40,51H,7-8,10,13-14,18-19,24-30,34-38,63H2,1-6H3,(H,64,74)(H,65,75)(H,68,77)(H,69,76)/t40?,51-,62-/m0/s1. The number of carbonyl (C=O) groups is 7. The van der Waals surface area contributed by atoms with Gasteiger partial charge in [-0.1, -0.05) is 49.1 Å². The number of unbranched alkanes of at least 4 members (excludes halogenated alkanes) is 2. The molecule has 0 aliphatic carbocycles. The summed E-state index contributed by atoms with van der Waals surface area (Å²) >= 11 is 0. The Hall–Kier alpha value is -8.64. The first kappa shape index (κ1) is 66.9. The van der Waals surface area contributed by atoms with Crippen molar-refractivity contribution in [2.24, 2.45) is 5.73 Å². The van der Waals surface area contributed by atoms with Crippen LogP contribution in [0.3, 0.4) is 0 Å². The summed E-state index contributed by atoms with van der Waals surface area (Å²) in [5, 5.41) is 11.6. The predicted octanol–water partition coefficient (Wildman–Crippen LogP) is 4.25. The van der Waals surface area contributed by atoms with Crippen molar-refractivity contribution in [3.63, 3.8) is 0 Å². The number of ether oxygens (including phenoxy) is 5. The summed E-state index contributed by atoms with van der Waals surface area (Å²) in [4.78, 5) is 120. The van der Waals surface area contributed by atoms with Gasteiger partial charge < -0.3 is 60.2 Å². The van der Waals surface area contributed by atoms with Crippen molar-refractivity contribution in [2.45, 2.75) is 141 Å². The van der Waals surface area contributed by atoms with Gasteiger partial charge in [0, 0.05) is 86.3 Å². The van der Waals surface area contributed by atoms with Crippen LogP contribution in [0.25, 0.3) is 22.3 Å². The lowest BCUT2D eigenvalue weighted by atomic mass is 9.85. The van der Waals surface area contributed by atoms with Gasteiger partial charge in [0.15, 0.2) is 0 Å². The molecule has 5 amide bonds. The number of rotatable bonds is 30. The highest BCUT2D eigenvalue weighted by molar-refractivity contribution is 7.90. The van der Waals surface area contributed by atoms with Crippen LogP contribution in [0, 0.1) is 11.8 Å². The molecule has 5 heterocycles. The number of fused-ring (bicyclic) bond motifs is 5. The number of sulfone groups is 1. The molecule has 5 aromatic rings. The van der Waals surface area contributed by atoms with Crippen LogP contribution in [0.1, 0.15) is 119 Å². The number of benzene rings is 2. The quantitative estimate of drug-likeness (QED) is 0.0182. The first-order chi connectivity index (χ1) is 42.1. The Labute approximate surface area is 510 Å².